The van der Waals surface area contributed by atoms with Crippen LogP contribution in [-0.2, 0) is 24.2 Å². The van der Waals surface area contributed by atoms with Crippen molar-refractivity contribution in [2.75, 3.05) is 11.1 Å². The highest BCUT2D eigenvalue weighted by molar-refractivity contribution is 7.99. The molecule has 1 aliphatic carbocycles. The van der Waals surface area contributed by atoms with E-state index in [4.69, 9.17) is 4.74 Å². The highest BCUT2D eigenvalue weighted by Crippen LogP contribution is 2.39. The lowest BCUT2D eigenvalue weighted by atomic mass is 9.89. The van der Waals surface area contributed by atoms with E-state index in [-0.39, 0.29) is 17.5 Å². The maximum absolute atomic E-state index is 13.1. The second-order valence-electron chi connectivity index (χ2n) is 8.30. The molecule has 0 saturated heterocycles. The van der Waals surface area contributed by atoms with E-state index in [0.29, 0.717) is 39.8 Å². The van der Waals surface area contributed by atoms with Crippen LogP contribution >= 0.6 is 23.1 Å². The largest absolute Gasteiger partial charge is 0.483 e. The molecule has 0 aliphatic heterocycles. The molecule has 0 spiro atoms. The number of nitrogens with zero attached hydrogens (tertiary/aromatic N) is 4. The topological polar surface area (TPSA) is 92.8 Å². The normalized spacial score (nSPS) is 15.9. The zero-order valence-electron chi connectivity index (χ0n) is 19.3. The van der Waals surface area contributed by atoms with Gasteiger partial charge in [0.25, 0.3) is 0 Å². The number of benzene rings is 1. The van der Waals surface area contributed by atoms with Gasteiger partial charge in [0, 0.05) is 11.4 Å². The molecular formula is C24H26FN5O2S2. The van der Waals surface area contributed by atoms with Crippen LogP contribution in [0.5, 0.6) is 5.75 Å². The summed E-state index contributed by atoms with van der Waals surface area (Å²) >= 11 is 2.81. The molecule has 0 saturated carbocycles. The average Bonchev–Trinajstić information content (AvgIpc) is 3.38. The molecular weight excluding hydrogens is 473 g/mol. The molecule has 2 unspecified atom stereocenters. The van der Waals surface area contributed by atoms with E-state index in [1.165, 1.54) is 40.1 Å². The van der Waals surface area contributed by atoms with Crippen molar-refractivity contribution in [2.24, 2.45) is 5.92 Å². The zero-order valence-corrected chi connectivity index (χ0v) is 20.9. The van der Waals surface area contributed by atoms with Crippen LogP contribution in [0.3, 0.4) is 0 Å². The van der Waals surface area contributed by atoms with E-state index in [1.54, 1.807) is 12.1 Å². The van der Waals surface area contributed by atoms with E-state index < -0.39 is 6.10 Å². The van der Waals surface area contributed by atoms with Crippen LogP contribution in [0.4, 0.5) is 9.39 Å². The van der Waals surface area contributed by atoms with Crippen molar-refractivity contribution in [2.45, 2.75) is 57.8 Å². The number of amides is 1. The first-order valence-electron chi connectivity index (χ1n) is 11.2. The highest BCUT2D eigenvalue weighted by Gasteiger charge is 2.25. The van der Waals surface area contributed by atoms with Crippen molar-refractivity contribution in [1.82, 2.24) is 14.8 Å². The third-order valence-electron chi connectivity index (χ3n) is 5.76. The summed E-state index contributed by atoms with van der Waals surface area (Å²) in [4.78, 5) is 13.9. The van der Waals surface area contributed by atoms with E-state index >= 15 is 0 Å². The summed E-state index contributed by atoms with van der Waals surface area (Å²) in [6.45, 7) is 6.65. The predicted molar refractivity (Wildman–Crippen MR) is 131 cm³/mol. The van der Waals surface area contributed by atoms with Gasteiger partial charge >= 0.3 is 0 Å². The number of anilines is 1. The summed E-state index contributed by atoms with van der Waals surface area (Å²) in [6.07, 6.45) is 2.51. The molecule has 1 amide bonds. The molecule has 0 bridgehead atoms. The molecule has 4 rings (SSSR count). The van der Waals surface area contributed by atoms with Crippen molar-refractivity contribution >= 4 is 34.0 Å². The fourth-order valence-corrected chi connectivity index (χ4v) is 6.21. The molecule has 1 aromatic carbocycles. The molecule has 0 fully saturated rings. The minimum absolute atomic E-state index is 0.148. The van der Waals surface area contributed by atoms with Crippen LogP contribution in [0, 0.1) is 23.1 Å². The van der Waals surface area contributed by atoms with Crippen LogP contribution in [0.15, 0.2) is 29.4 Å². The summed E-state index contributed by atoms with van der Waals surface area (Å²) in [5.41, 5.74) is 1.70. The van der Waals surface area contributed by atoms with Gasteiger partial charge in [-0.2, -0.15) is 5.26 Å². The molecule has 1 aliphatic rings. The summed E-state index contributed by atoms with van der Waals surface area (Å²) in [5, 5.41) is 22.3. The smallest absolute Gasteiger partial charge is 0.235 e. The van der Waals surface area contributed by atoms with Crippen molar-refractivity contribution in [3.8, 4) is 11.8 Å². The minimum atomic E-state index is -0.404. The molecule has 34 heavy (non-hydrogen) atoms. The maximum atomic E-state index is 13.1. The quantitative estimate of drug-likeness (QED) is 0.419. The van der Waals surface area contributed by atoms with E-state index in [9.17, 15) is 14.4 Å². The number of carbonyl (C=O) groups is 1. The first kappa shape index (κ1) is 24.2. The second kappa shape index (κ2) is 10.6. The first-order chi connectivity index (χ1) is 16.4. The Morgan fingerprint density at radius 2 is 2.18 bits per heavy atom. The number of ether oxygens (including phenoxy) is 1. The van der Waals surface area contributed by atoms with Gasteiger partial charge in [-0.15, -0.1) is 21.5 Å². The number of nitrogens with one attached hydrogen (secondary N) is 1. The number of thiophene rings is 1. The van der Waals surface area contributed by atoms with E-state index in [0.717, 1.165) is 24.8 Å². The van der Waals surface area contributed by atoms with Gasteiger partial charge in [0.1, 0.15) is 22.6 Å². The Balaban J connectivity index is 1.40. The minimum Gasteiger partial charge on any atom is -0.483 e. The molecule has 2 atom stereocenters. The molecule has 178 valence electrons. The number of aromatic nitrogens is 3. The lowest BCUT2D eigenvalue weighted by Gasteiger charge is -2.17. The Bertz CT molecular complexity index is 1220. The van der Waals surface area contributed by atoms with Gasteiger partial charge in [0.05, 0.1) is 11.3 Å². The number of thioether (sulfide) groups is 1. The maximum Gasteiger partial charge on any atom is 0.235 e. The second-order valence-corrected chi connectivity index (χ2v) is 10.4. The van der Waals surface area contributed by atoms with Crippen LogP contribution in [-0.4, -0.2) is 26.4 Å². The summed E-state index contributed by atoms with van der Waals surface area (Å²) in [7, 11) is 0. The third kappa shape index (κ3) is 5.26. The third-order valence-corrected chi connectivity index (χ3v) is 7.90. The predicted octanol–water partition coefficient (Wildman–Crippen LogP) is 5.37. The Morgan fingerprint density at radius 1 is 1.41 bits per heavy atom. The number of fused-ring (bicyclic) bond motifs is 1. The van der Waals surface area contributed by atoms with Crippen LogP contribution in [0.1, 0.15) is 55.1 Å². The lowest BCUT2D eigenvalue weighted by Crippen LogP contribution is -2.15. The number of rotatable bonds is 8. The molecule has 3 aromatic rings. The van der Waals surface area contributed by atoms with Crippen molar-refractivity contribution < 1.29 is 13.9 Å². The SMILES string of the molecule is CCn1c(SCC(=O)Nc2sc3c(c2C#N)CCC(C)C3)nnc1C(C)Oc1ccc(F)cc1. The van der Waals surface area contributed by atoms with Crippen molar-refractivity contribution in [3.05, 3.63) is 51.9 Å². The Kier molecular flexibility index (Phi) is 7.54. The molecule has 1 N–H and O–H groups in total. The fourth-order valence-electron chi connectivity index (χ4n) is 4.02. The van der Waals surface area contributed by atoms with Gasteiger partial charge in [0.2, 0.25) is 5.91 Å². The Hall–Kier alpha value is -2.90. The number of hydrogen-bond donors (Lipinski definition) is 1. The monoisotopic (exact) mass is 499 g/mol. The van der Waals surface area contributed by atoms with Gasteiger partial charge < -0.3 is 14.6 Å². The number of hydrogen-bond acceptors (Lipinski definition) is 7. The van der Waals surface area contributed by atoms with E-state index in [2.05, 4.69) is 28.5 Å². The summed E-state index contributed by atoms with van der Waals surface area (Å²) in [5.74, 6) is 1.40. The standard InChI is InChI=1S/C24H26FN5O2S2/c1-4-30-22(15(3)32-17-8-6-16(25)7-9-17)28-29-24(30)33-13-21(31)27-23-19(12-26)18-10-5-14(2)11-20(18)34-23/h6-9,14-15H,4-5,10-11,13H2,1-3H3,(H,27,31). The van der Waals surface area contributed by atoms with Crippen molar-refractivity contribution in [1.29, 1.82) is 5.26 Å². The van der Waals surface area contributed by atoms with Gasteiger partial charge in [-0.1, -0.05) is 18.7 Å². The number of nitriles is 1. The highest BCUT2D eigenvalue weighted by atomic mass is 32.2. The lowest BCUT2D eigenvalue weighted by molar-refractivity contribution is -0.113. The first-order valence-corrected chi connectivity index (χ1v) is 13.0. The van der Waals surface area contributed by atoms with E-state index in [1.807, 2.05) is 18.4 Å². The molecule has 7 nitrogen and oxygen atoms in total. The Labute approximate surface area is 206 Å². The Morgan fingerprint density at radius 3 is 2.88 bits per heavy atom. The summed E-state index contributed by atoms with van der Waals surface area (Å²) in [6, 6.07) is 8.10. The molecule has 2 heterocycles. The molecule has 0 radical (unpaired) electrons. The number of carbonyl (C=O) groups excluding carboxylic acids is 1. The van der Waals surface area contributed by atoms with Crippen LogP contribution in [0.25, 0.3) is 0 Å². The van der Waals surface area contributed by atoms with Crippen LogP contribution in [0.2, 0.25) is 0 Å². The summed E-state index contributed by atoms with van der Waals surface area (Å²) < 4.78 is 20.9. The average molecular weight is 500 g/mol. The van der Waals surface area contributed by atoms with Crippen molar-refractivity contribution in [3.63, 3.8) is 0 Å². The van der Waals surface area contributed by atoms with Crippen LogP contribution < -0.4 is 10.1 Å². The number of halogens is 1. The zero-order chi connectivity index (χ0) is 24.2. The molecule has 10 heteroatoms. The van der Waals surface area contributed by atoms with Gasteiger partial charge in [-0.3, -0.25) is 4.79 Å². The van der Waals surface area contributed by atoms with Gasteiger partial charge in [-0.25, -0.2) is 4.39 Å². The van der Waals surface area contributed by atoms with Gasteiger partial charge in [0.15, 0.2) is 17.1 Å². The fraction of sp³-hybridized carbons (Fsp3) is 0.417. The van der Waals surface area contributed by atoms with Gasteiger partial charge in [-0.05, 0) is 68.9 Å². The molecule has 2 aromatic heterocycles.